The minimum Gasteiger partial charge on any atom is -0.489 e. The maximum Gasteiger partial charge on any atom is 0.240 e. The quantitative estimate of drug-likeness (QED) is 0.856. The summed E-state index contributed by atoms with van der Waals surface area (Å²) in [4.78, 5) is 0.221. The van der Waals surface area contributed by atoms with E-state index in [-0.39, 0.29) is 11.0 Å². The van der Waals surface area contributed by atoms with E-state index in [2.05, 4.69) is 10.0 Å². The molecule has 7 heteroatoms. The Kier molecular flexibility index (Phi) is 4.64. The molecule has 1 fully saturated rings. The summed E-state index contributed by atoms with van der Waals surface area (Å²) < 4.78 is 33.1. The fourth-order valence-corrected chi connectivity index (χ4v) is 4.53. The van der Waals surface area contributed by atoms with Crippen molar-refractivity contribution >= 4 is 21.6 Å². The number of halogens is 1. The Morgan fingerprint density at radius 1 is 1.45 bits per heavy atom. The van der Waals surface area contributed by atoms with Gasteiger partial charge in [-0.25, -0.2) is 13.1 Å². The van der Waals surface area contributed by atoms with Crippen molar-refractivity contribution in [3.05, 3.63) is 22.7 Å². The van der Waals surface area contributed by atoms with Gasteiger partial charge < -0.3 is 10.1 Å². The van der Waals surface area contributed by atoms with Gasteiger partial charge in [0, 0.05) is 18.5 Å². The SMILES string of the molecule is CC1Cc2cc(S(=O)(=O)NCCC3CCNC3)cc(Cl)c2O1. The largest absolute Gasteiger partial charge is 0.489 e. The van der Waals surface area contributed by atoms with Crippen molar-refractivity contribution in [1.82, 2.24) is 10.0 Å². The molecule has 2 N–H and O–H groups in total. The van der Waals surface area contributed by atoms with E-state index in [9.17, 15) is 8.42 Å². The molecule has 0 radical (unpaired) electrons. The summed E-state index contributed by atoms with van der Waals surface area (Å²) in [6.45, 7) is 4.40. The first-order chi connectivity index (χ1) is 10.5. The molecule has 0 aromatic heterocycles. The standard InChI is InChI=1S/C15H21ClN2O3S/c1-10-6-12-7-13(8-14(16)15(12)21-10)22(19,20)18-5-3-11-2-4-17-9-11/h7-8,10-11,17-18H,2-6,9H2,1H3. The van der Waals surface area contributed by atoms with E-state index in [1.165, 1.54) is 6.07 Å². The van der Waals surface area contributed by atoms with Crippen LogP contribution in [0.2, 0.25) is 5.02 Å². The molecule has 1 aromatic carbocycles. The average Bonchev–Trinajstić information content (AvgIpc) is 3.07. The summed E-state index contributed by atoms with van der Waals surface area (Å²) in [5, 5.41) is 3.65. The van der Waals surface area contributed by atoms with E-state index in [0.717, 1.165) is 31.5 Å². The molecule has 5 nitrogen and oxygen atoms in total. The highest BCUT2D eigenvalue weighted by molar-refractivity contribution is 7.89. The molecule has 22 heavy (non-hydrogen) atoms. The molecule has 0 amide bonds. The van der Waals surface area contributed by atoms with E-state index in [4.69, 9.17) is 16.3 Å². The zero-order valence-electron chi connectivity index (χ0n) is 12.6. The van der Waals surface area contributed by atoms with Gasteiger partial charge in [0.05, 0.1) is 9.92 Å². The average molecular weight is 345 g/mol. The number of sulfonamides is 1. The normalized spacial score (nSPS) is 24.3. The van der Waals surface area contributed by atoms with Crippen LogP contribution in [-0.2, 0) is 16.4 Å². The number of nitrogens with one attached hydrogen (secondary N) is 2. The monoisotopic (exact) mass is 344 g/mol. The number of hydrogen-bond donors (Lipinski definition) is 2. The van der Waals surface area contributed by atoms with Crippen molar-refractivity contribution < 1.29 is 13.2 Å². The predicted octanol–water partition coefficient (Wildman–Crippen LogP) is 1.94. The minimum atomic E-state index is -3.52. The second-order valence-corrected chi connectivity index (χ2v) is 8.25. The van der Waals surface area contributed by atoms with Crippen LogP contribution >= 0.6 is 11.6 Å². The lowest BCUT2D eigenvalue weighted by molar-refractivity contribution is 0.255. The highest BCUT2D eigenvalue weighted by Crippen LogP contribution is 2.37. The van der Waals surface area contributed by atoms with Gasteiger partial charge in [-0.15, -0.1) is 0 Å². The predicted molar refractivity (Wildman–Crippen MR) is 86.0 cm³/mol. The first-order valence-corrected chi connectivity index (χ1v) is 9.51. The Bertz CT molecular complexity index is 657. The van der Waals surface area contributed by atoms with Crippen LogP contribution in [0.3, 0.4) is 0 Å². The topological polar surface area (TPSA) is 67.4 Å². The second kappa shape index (κ2) is 6.35. The summed E-state index contributed by atoms with van der Waals surface area (Å²) in [7, 11) is -3.52. The smallest absolute Gasteiger partial charge is 0.240 e. The third kappa shape index (κ3) is 3.40. The first-order valence-electron chi connectivity index (χ1n) is 7.65. The van der Waals surface area contributed by atoms with Crippen LogP contribution in [-0.4, -0.2) is 34.2 Å². The lowest BCUT2D eigenvalue weighted by Gasteiger charge is -2.11. The molecule has 122 valence electrons. The van der Waals surface area contributed by atoms with Crippen LogP contribution in [0.5, 0.6) is 5.75 Å². The van der Waals surface area contributed by atoms with E-state index in [1.54, 1.807) is 6.07 Å². The van der Waals surface area contributed by atoms with Gasteiger partial charge in [0.15, 0.2) is 0 Å². The number of hydrogen-bond acceptors (Lipinski definition) is 4. The van der Waals surface area contributed by atoms with Gasteiger partial charge >= 0.3 is 0 Å². The highest BCUT2D eigenvalue weighted by Gasteiger charge is 2.26. The van der Waals surface area contributed by atoms with E-state index >= 15 is 0 Å². The van der Waals surface area contributed by atoms with Gasteiger partial charge in [0.2, 0.25) is 10.0 Å². The van der Waals surface area contributed by atoms with Gasteiger partial charge in [-0.2, -0.15) is 0 Å². The molecule has 0 saturated carbocycles. The molecule has 2 aliphatic rings. The Hall–Kier alpha value is -0.820. The van der Waals surface area contributed by atoms with Crippen molar-refractivity contribution in [3.8, 4) is 5.75 Å². The van der Waals surface area contributed by atoms with E-state index < -0.39 is 10.0 Å². The molecule has 1 saturated heterocycles. The minimum absolute atomic E-state index is 0.0354. The zero-order valence-corrected chi connectivity index (χ0v) is 14.1. The fraction of sp³-hybridized carbons (Fsp3) is 0.600. The second-order valence-electron chi connectivity index (χ2n) is 6.07. The fourth-order valence-electron chi connectivity index (χ4n) is 3.06. The Morgan fingerprint density at radius 3 is 3.00 bits per heavy atom. The molecule has 2 aliphatic heterocycles. The molecule has 2 heterocycles. The van der Waals surface area contributed by atoms with Crippen molar-refractivity contribution in [1.29, 1.82) is 0 Å². The van der Waals surface area contributed by atoms with Crippen molar-refractivity contribution in [2.24, 2.45) is 5.92 Å². The molecule has 2 atom stereocenters. The highest BCUT2D eigenvalue weighted by atomic mass is 35.5. The molecule has 3 rings (SSSR count). The summed E-state index contributed by atoms with van der Waals surface area (Å²) in [6.07, 6.45) is 2.69. The molecular formula is C15H21ClN2O3S. The van der Waals surface area contributed by atoms with Gasteiger partial charge in [-0.3, -0.25) is 0 Å². The zero-order chi connectivity index (χ0) is 15.7. The Labute approximate surface area is 136 Å². The van der Waals surface area contributed by atoms with Gasteiger partial charge in [0.25, 0.3) is 0 Å². The summed E-state index contributed by atoms with van der Waals surface area (Å²) in [5.74, 6) is 1.17. The molecule has 0 bridgehead atoms. The lowest BCUT2D eigenvalue weighted by atomic mass is 10.1. The third-order valence-electron chi connectivity index (χ3n) is 4.24. The molecule has 1 aromatic rings. The Morgan fingerprint density at radius 2 is 2.27 bits per heavy atom. The number of rotatable bonds is 5. The summed E-state index contributed by atoms with van der Waals surface area (Å²) >= 11 is 6.16. The van der Waals surface area contributed by atoms with E-state index in [0.29, 0.717) is 29.7 Å². The first kappa shape index (κ1) is 16.1. The van der Waals surface area contributed by atoms with Crippen LogP contribution < -0.4 is 14.8 Å². The maximum absolute atomic E-state index is 12.4. The lowest BCUT2D eigenvalue weighted by Crippen LogP contribution is -2.26. The van der Waals surface area contributed by atoms with Crippen LogP contribution in [0.15, 0.2) is 17.0 Å². The van der Waals surface area contributed by atoms with Crippen molar-refractivity contribution in [3.63, 3.8) is 0 Å². The maximum atomic E-state index is 12.4. The van der Waals surface area contributed by atoms with Crippen molar-refractivity contribution in [2.75, 3.05) is 19.6 Å². The van der Waals surface area contributed by atoms with Crippen LogP contribution in [0, 0.1) is 5.92 Å². The van der Waals surface area contributed by atoms with Crippen molar-refractivity contribution in [2.45, 2.75) is 37.2 Å². The number of fused-ring (bicyclic) bond motifs is 1. The summed E-state index contributed by atoms with van der Waals surface area (Å²) in [5.41, 5.74) is 0.861. The van der Waals surface area contributed by atoms with Gasteiger partial charge in [-0.05, 0) is 50.9 Å². The van der Waals surface area contributed by atoms with Crippen LogP contribution in [0.1, 0.15) is 25.3 Å². The molecular weight excluding hydrogens is 324 g/mol. The number of benzene rings is 1. The molecule has 0 spiro atoms. The number of ether oxygens (including phenoxy) is 1. The third-order valence-corrected chi connectivity index (χ3v) is 5.96. The van der Waals surface area contributed by atoms with Gasteiger partial charge in [-0.1, -0.05) is 11.6 Å². The molecule has 2 unspecified atom stereocenters. The van der Waals surface area contributed by atoms with E-state index in [1.807, 2.05) is 6.92 Å². The van der Waals surface area contributed by atoms with Crippen LogP contribution in [0.25, 0.3) is 0 Å². The van der Waals surface area contributed by atoms with Crippen LogP contribution in [0.4, 0.5) is 0 Å². The van der Waals surface area contributed by atoms with Gasteiger partial charge in [0.1, 0.15) is 11.9 Å². The Balaban J connectivity index is 1.69. The molecule has 0 aliphatic carbocycles. The summed E-state index contributed by atoms with van der Waals surface area (Å²) in [6, 6.07) is 3.14.